The van der Waals surface area contributed by atoms with Gasteiger partial charge in [-0.3, -0.25) is 9.78 Å². The Kier molecular flexibility index (Phi) is 5.41. The number of rotatable bonds is 4. The second-order valence-electron chi connectivity index (χ2n) is 5.81. The summed E-state index contributed by atoms with van der Waals surface area (Å²) in [7, 11) is 0. The first-order valence-electron chi connectivity index (χ1n) is 7.50. The minimum Gasteiger partial charge on any atom is -0.352 e. The van der Waals surface area contributed by atoms with Gasteiger partial charge in [-0.2, -0.15) is 0 Å². The molecule has 1 N–H and O–H groups in total. The minimum atomic E-state index is -0.111. The van der Waals surface area contributed by atoms with Gasteiger partial charge in [-0.05, 0) is 37.7 Å². The molecule has 0 saturated heterocycles. The number of carbonyl (C=O) groups is 1. The number of halogens is 1. The highest BCUT2D eigenvalue weighted by atomic mass is 35.5. The van der Waals surface area contributed by atoms with E-state index in [1.54, 1.807) is 12.3 Å². The lowest BCUT2D eigenvalue weighted by Gasteiger charge is -2.27. The summed E-state index contributed by atoms with van der Waals surface area (Å²) >= 11 is 6.08. The van der Waals surface area contributed by atoms with E-state index in [0.29, 0.717) is 16.5 Å². The first-order valence-corrected chi connectivity index (χ1v) is 7.88. The minimum absolute atomic E-state index is 0.111. The molecule has 0 aliphatic heterocycles. The molecule has 1 aliphatic rings. The number of pyridine rings is 1. The van der Waals surface area contributed by atoms with Crippen LogP contribution in [0.2, 0.25) is 5.02 Å². The maximum absolute atomic E-state index is 12.1. The third-order valence-corrected chi connectivity index (χ3v) is 4.64. The van der Waals surface area contributed by atoms with Gasteiger partial charge in [0.2, 0.25) is 0 Å². The molecule has 1 heterocycles. The summed E-state index contributed by atoms with van der Waals surface area (Å²) in [5.41, 5.74) is 1.30. The van der Waals surface area contributed by atoms with Crippen molar-refractivity contribution >= 4 is 17.5 Å². The molecule has 3 nitrogen and oxygen atoms in total. The van der Waals surface area contributed by atoms with E-state index in [2.05, 4.69) is 17.2 Å². The van der Waals surface area contributed by atoms with Crippen molar-refractivity contribution in [3.63, 3.8) is 0 Å². The van der Waals surface area contributed by atoms with Crippen LogP contribution in [-0.4, -0.2) is 17.4 Å². The molecule has 0 atom stereocenters. The summed E-state index contributed by atoms with van der Waals surface area (Å²) in [6.45, 7) is 4.87. The molecule has 2 rings (SSSR count). The summed E-state index contributed by atoms with van der Waals surface area (Å²) in [5.74, 6) is 1.39. The molecule has 1 aromatic heterocycles. The zero-order valence-corrected chi connectivity index (χ0v) is 13.0. The highest BCUT2D eigenvalue weighted by molar-refractivity contribution is 6.33. The smallest absolute Gasteiger partial charge is 0.254 e. The van der Waals surface area contributed by atoms with Gasteiger partial charge >= 0.3 is 0 Å². The van der Waals surface area contributed by atoms with Crippen LogP contribution >= 0.6 is 11.6 Å². The fraction of sp³-hybridized carbons (Fsp3) is 0.625. The third-order valence-electron chi connectivity index (χ3n) is 4.33. The van der Waals surface area contributed by atoms with Gasteiger partial charge in [0.25, 0.3) is 5.91 Å². The average Bonchev–Trinajstić information content (AvgIpc) is 2.45. The number of hydrogen-bond acceptors (Lipinski definition) is 2. The Morgan fingerprint density at radius 1 is 1.35 bits per heavy atom. The monoisotopic (exact) mass is 294 g/mol. The van der Waals surface area contributed by atoms with Crippen LogP contribution in [0.3, 0.4) is 0 Å². The van der Waals surface area contributed by atoms with Gasteiger partial charge in [-0.1, -0.05) is 37.8 Å². The number of aromatic nitrogens is 1. The van der Waals surface area contributed by atoms with E-state index < -0.39 is 0 Å². The van der Waals surface area contributed by atoms with E-state index in [0.717, 1.165) is 18.2 Å². The van der Waals surface area contributed by atoms with E-state index >= 15 is 0 Å². The maximum atomic E-state index is 12.1. The highest BCUT2D eigenvalue weighted by Gasteiger charge is 2.21. The van der Waals surface area contributed by atoms with E-state index in [1.165, 1.54) is 32.1 Å². The number of aryl methyl sites for hydroxylation is 1. The van der Waals surface area contributed by atoms with E-state index in [-0.39, 0.29) is 5.91 Å². The van der Waals surface area contributed by atoms with Crippen molar-refractivity contribution in [1.82, 2.24) is 10.3 Å². The van der Waals surface area contributed by atoms with Gasteiger partial charge in [-0.15, -0.1) is 0 Å². The predicted octanol–water partition coefficient (Wildman–Crippen LogP) is 3.99. The second-order valence-corrected chi connectivity index (χ2v) is 6.22. The van der Waals surface area contributed by atoms with Crippen LogP contribution in [0.1, 0.15) is 55.1 Å². The second kappa shape index (κ2) is 7.07. The number of nitrogens with one attached hydrogen (secondary N) is 1. The SMILES string of the molecule is CCC1CCC(CNC(=O)c2cnc(C)cc2Cl)CC1. The van der Waals surface area contributed by atoms with Gasteiger partial charge < -0.3 is 5.32 Å². The molecule has 0 unspecified atom stereocenters. The molecule has 0 aromatic carbocycles. The standard InChI is InChI=1S/C16H23ClN2O/c1-3-12-4-6-13(7-5-12)9-19-16(20)14-10-18-11(2)8-15(14)17/h8,10,12-13H,3-7,9H2,1-2H3,(H,19,20). The van der Waals surface area contributed by atoms with Crippen LogP contribution in [0.25, 0.3) is 0 Å². The largest absolute Gasteiger partial charge is 0.352 e. The zero-order valence-electron chi connectivity index (χ0n) is 12.3. The van der Waals surface area contributed by atoms with Gasteiger partial charge in [0.1, 0.15) is 0 Å². The van der Waals surface area contributed by atoms with Crippen LogP contribution in [0, 0.1) is 18.8 Å². The lowest BCUT2D eigenvalue weighted by Crippen LogP contribution is -2.31. The van der Waals surface area contributed by atoms with E-state index in [4.69, 9.17) is 11.6 Å². The maximum Gasteiger partial charge on any atom is 0.254 e. The fourth-order valence-corrected chi connectivity index (χ4v) is 3.16. The molecular formula is C16H23ClN2O. The predicted molar refractivity (Wildman–Crippen MR) is 82.1 cm³/mol. The summed E-state index contributed by atoms with van der Waals surface area (Å²) in [4.78, 5) is 16.2. The van der Waals surface area contributed by atoms with Gasteiger partial charge in [-0.25, -0.2) is 0 Å². The van der Waals surface area contributed by atoms with Crippen LogP contribution in [-0.2, 0) is 0 Å². The molecule has 1 aliphatic carbocycles. The molecule has 1 aromatic rings. The summed E-state index contributed by atoms with van der Waals surface area (Å²) < 4.78 is 0. The van der Waals surface area contributed by atoms with Gasteiger partial charge in [0.05, 0.1) is 10.6 Å². The van der Waals surface area contributed by atoms with Crippen LogP contribution in [0.5, 0.6) is 0 Å². The molecule has 0 bridgehead atoms. The van der Waals surface area contributed by atoms with E-state index in [9.17, 15) is 4.79 Å². The van der Waals surface area contributed by atoms with Crippen molar-refractivity contribution in [1.29, 1.82) is 0 Å². The Hall–Kier alpha value is -1.09. The number of hydrogen-bond donors (Lipinski definition) is 1. The Labute approximate surface area is 126 Å². The molecule has 0 spiro atoms. The van der Waals surface area contributed by atoms with Crippen LogP contribution < -0.4 is 5.32 Å². The topological polar surface area (TPSA) is 42.0 Å². The lowest BCUT2D eigenvalue weighted by molar-refractivity contribution is 0.0941. The first-order chi connectivity index (χ1) is 9.60. The Morgan fingerprint density at radius 3 is 2.60 bits per heavy atom. The Balaban J connectivity index is 1.83. The zero-order chi connectivity index (χ0) is 14.5. The Morgan fingerprint density at radius 2 is 2.00 bits per heavy atom. The van der Waals surface area contributed by atoms with Crippen molar-refractivity contribution in [3.05, 3.63) is 28.5 Å². The van der Waals surface area contributed by atoms with Crippen molar-refractivity contribution in [2.45, 2.75) is 46.0 Å². The van der Waals surface area contributed by atoms with Gasteiger partial charge in [0, 0.05) is 18.4 Å². The molecule has 4 heteroatoms. The van der Waals surface area contributed by atoms with Crippen LogP contribution in [0.15, 0.2) is 12.3 Å². The molecule has 0 radical (unpaired) electrons. The summed E-state index contributed by atoms with van der Waals surface area (Å²) in [5, 5.41) is 3.47. The van der Waals surface area contributed by atoms with E-state index in [1.807, 2.05) is 6.92 Å². The Bertz CT molecular complexity index is 468. The molecule has 110 valence electrons. The summed E-state index contributed by atoms with van der Waals surface area (Å²) in [6.07, 6.45) is 7.87. The summed E-state index contributed by atoms with van der Waals surface area (Å²) in [6, 6.07) is 1.73. The average molecular weight is 295 g/mol. The normalized spacial score (nSPS) is 22.6. The van der Waals surface area contributed by atoms with Crippen molar-refractivity contribution < 1.29 is 4.79 Å². The molecule has 1 fully saturated rings. The number of amides is 1. The number of carbonyl (C=O) groups excluding carboxylic acids is 1. The molecule has 20 heavy (non-hydrogen) atoms. The van der Waals surface area contributed by atoms with Crippen molar-refractivity contribution in [3.8, 4) is 0 Å². The van der Waals surface area contributed by atoms with Crippen molar-refractivity contribution in [2.75, 3.05) is 6.54 Å². The van der Waals surface area contributed by atoms with Crippen molar-refractivity contribution in [2.24, 2.45) is 11.8 Å². The third kappa shape index (κ3) is 3.95. The molecule has 1 saturated carbocycles. The molecular weight excluding hydrogens is 272 g/mol. The fourth-order valence-electron chi connectivity index (χ4n) is 2.87. The highest BCUT2D eigenvalue weighted by Crippen LogP contribution is 2.30. The molecule has 1 amide bonds. The number of nitrogens with zero attached hydrogens (tertiary/aromatic N) is 1. The first kappa shape index (κ1) is 15.3. The lowest BCUT2D eigenvalue weighted by atomic mass is 9.81. The van der Waals surface area contributed by atoms with Crippen LogP contribution in [0.4, 0.5) is 0 Å². The quantitative estimate of drug-likeness (QED) is 0.912. The van der Waals surface area contributed by atoms with Gasteiger partial charge in [0.15, 0.2) is 0 Å².